The van der Waals surface area contributed by atoms with E-state index in [9.17, 15) is 18.4 Å². The number of cyclic esters (lactones) is 1. The lowest BCUT2D eigenvalue weighted by Gasteiger charge is -2.44. The first-order valence-electron chi connectivity index (χ1n) is 8.71. The van der Waals surface area contributed by atoms with E-state index in [1.807, 2.05) is 30.3 Å². The summed E-state index contributed by atoms with van der Waals surface area (Å²) in [6.07, 6.45) is 0.159. The minimum Gasteiger partial charge on any atom is -0.447 e. The summed E-state index contributed by atoms with van der Waals surface area (Å²) < 4.78 is 32.0. The Morgan fingerprint density at radius 1 is 1.07 bits per heavy atom. The number of hydrogen-bond acceptors (Lipinski definition) is 3. The van der Waals surface area contributed by atoms with Crippen molar-refractivity contribution in [3.8, 4) is 0 Å². The molecule has 140 valence electrons. The second kappa shape index (κ2) is 6.64. The minimum absolute atomic E-state index is 0.0856. The number of amides is 2. The van der Waals surface area contributed by atoms with Gasteiger partial charge in [0.25, 0.3) is 5.91 Å². The third-order valence-electron chi connectivity index (χ3n) is 5.17. The predicted octanol–water partition coefficient (Wildman–Crippen LogP) is 2.85. The Hall–Kier alpha value is -2.96. The Labute approximate surface area is 155 Å². The fourth-order valence-corrected chi connectivity index (χ4v) is 3.82. The molecule has 0 aliphatic carbocycles. The SMILES string of the molecule is O=C(c1ccc(F)c(F)c1)N1CCN2C(=O)OCC2(Cc2ccccc2)C1. The molecular formula is C20H18F2N2O3. The first-order valence-corrected chi connectivity index (χ1v) is 8.71. The van der Waals surface area contributed by atoms with Gasteiger partial charge in [0.15, 0.2) is 11.6 Å². The average molecular weight is 372 g/mol. The maximum Gasteiger partial charge on any atom is 0.410 e. The van der Waals surface area contributed by atoms with Gasteiger partial charge in [-0.15, -0.1) is 0 Å². The molecule has 5 nitrogen and oxygen atoms in total. The summed E-state index contributed by atoms with van der Waals surface area (Å²) in [5.41, 5.74) is 0.454. The minimum atomic E-state index is -1.06. The first-order chi connectivity index (χ1) is 13.0. The molecule has 27 heavy (non-hydrogen) atoms. The van der Waals surface area contributed by atoms with E-state index in [0.717, 1.165) is 17.7 Å². The van der Waals surface area contributed by atoms with Crippen LogP contribution in [0.2, 0.25) is 0 Å². The Morgan fingerprint density at radius 2 is 1.85 bits per heavy atom. The zero-order valence-electron chi connectivity index (χ0n) is 14.5. The fourth-order valence-electron chi connectivity index (χ4n) is 3.82. The molecule has 0 radical (unpaired) electrons. The van der Waals surface area contributed by atoms with E-state index in [-0.39, 0.29) is 30.7 Å². The van der Waals surface area contributed by atoms with Crippen molar-refractivity contribution in [3.05, 3.63) is 71.3 Å². The van der Waals surface area contributed by atoms with Gasteiger partial charge in [-0.05, 0) is 23.8 Å². The van der Waals surface area contributed by atoms with Crippen LogP contribution < -0.4 is 0 Å². The first kappa shape index (κ1) is 17.5. The average Bonchev–Trinajstić information content (AvgIpc) is 3.00. The van der Waals surface area contributed by atoms with Gasteiger partial charge in [0.1, 0.15) is 12.1 Å². The molecule has 7 heteroatoms. The number of ether oxygens (including phenoxy) is 1. The molecule has 0 saturated carbocycles. The van der Waals surface area contributed by atoms with E-state index < -0.39 is 17.2 Å². The third kappa shape index (κ3) is 3.13. The molecule has 2 saturated heterocycles. The highest BCUT2D eigenvalue weighted by Gasteiger charge is 2.51. The number of carbonyl (C=O) groups excluding carboxylic acids is 2. The second-order valence-corrected chi connectivity index (χ2v) is 6.95. The topological polar surface area (TPSA) is 49.9 Å². The lowest BCUT2D eigenvalue weighted by atomic mass is 9.88. The maximum atomic E-state index is 13.5. The van der Waals surface area contributed by atoms with E-state index in [2.05, 4.69) is 0 Å². The zero-order chi connectivity index (χ0) is 19.0. The van der Waals surface area contributed by atoms with E-state index in [0.29, 0.717) is 19.5 Å². The lowest BCUT2D eigenvalue weighted by Crippen LogP contribution is -2.63. The molecular weight excluding hydrogens is 354 g/mol. The lowest BCUT2D eigenvalue weighted by molar-refractivity contribution is 0.0375. The number of piperazine rings is 1. The van der Waals surface area contributed by atoms with Crippen LogP contribution >= 0.6 is 0 Å². The van der Waals surface area contributed by atoms with Crippen molar-refractivity contribution in [1.82, 2.24) is 9.80 Å². The molecule has 2 aromatic rings. The molecule has 0 N–H and O–H groups in total. The number of rotatable bonds is 3. The van der Waals surface area contributed by atoms with E-state index in [1.165, 1.54) is 6.07 Å². The fraction of sp³-hybridized carbons (Fsp3) is 0.300. The van der Waals surface area contributed by atoms with Crippen molar-refractivity contribution < 1.29 is 23.1 Å². The summed E-state index contributed by atoms with van der Waals surface area (Å²) >= 11 is 0. The van der Waals surface area contributed by atoms with Gasteiger partial charge in [-0.2, -0.15) is 0 Å². The highest BCUT2D eigenvalue weighted by Crippen LogP contribution is 2.33. The number of carbonyl (C=O) groups is 2. The highest BCUT2D eigenvalue weighted by molar-refractivity contribution is 5.94. The van der Waals surface area contributed by atoms with Crippen LogP contribution in [-0.4, -0.2) is 53.6 Å². The van der Waals surface area contributed by atoms with Crippen LogP contribution in [-0.2, 0) is 11.2 Å². The van der Waals surface area contributed by atoms with Crippen LogP contribution in [0, 0.1) is 11.6 Å². The van der Waals surface area contributed by atoms with Crippen LogP contribution in [0.25, 0.3) is 0 Å². The second-order valence-electron chi connectivity index (χ2n) is 6.95. The molecule has 2 amide bonds. The van der Waals surface area contributed by atoms with Gasteiger partial charge in [-0.3, -0.25) is 9.69 Å². The number of fused-ring (bicyclic) bond motifs is 1. The zero-order valence-corrected chi connectivity index (χ0v) is 14.5. The van der Waals surface area contributed by atoms with Gasteiger partial charge in [0.2, 0.25) is 0 Å². The number of hydrogen-bond donors (Lipinski definition) is 0. The summed E-state index contributed by atoms with van der Waals surface area (Å²) in [4.78, 5) is 28.2. The standard InChI is InChI=1S/C20H18F2N2O3/c21-16-7-6-15(10-17(16)22)18(25)23-8-9-24-19(26)27-13-20(24,12-23)11-14-4-2-1-3-5-14/h1-7,10H,8-9,11-13H2. The molecule has 2 aliphatic rings. The van der Waals surface area contributed by atoms with Crippen LogP contribution in [0.15, 0.2) is 48.5 Å². The highest BCUT2D eigenvalue weighted by atomic mass is 19.2. The summed E-state index contributed by atoms with van der Waals surface area (Å²) in [6, 6.07) is 12.8. The van der Waals surface area contributed by atoms with Crippen LogP contribution in [0.4, 0.5) is 13.6 Å². The Kier molecular flexibility index (Phi) is 4.30. The van der Waals surface area contributed by atoms with Gasteiger partial charge in [-0.25, -0.2) is 13.6 Å². The smallest absolute Gasteiger partial charge is 0.410 e. The van der Waals surface area contributed by atoms with Gasteiger partial charge < -0.3 is 9.64 Å². The predicted molar refractivity (Wildman–Crippen MR) is 93.2 cm³/mol. The van der Waals surface area contributed by atoms with E-state index in [4.69, 9.17) is 4.74 Å². The van der Waals surface area contributed by atoms with Crippen molar-refractivity contribution in [3.63, 3.8) is 0 Å². The van der Waals surface area contributed by atoms with Crippen molar-refractivity contribution in [1.29, 1.82) is 0 Å². The van der Waals surface area contributed by atoms with Gasteiger partial charge in [-0.1, -0.05) is 30.3 Å². The summed E-state index contributed by atoms with van der Waals surface area (Å²) in [7, 11) is 0. The summed E-state index contributed by atoms with van der Waals surface area (Å²) in [5.74, 6) is -2.44. The molecule has 1 unspecified atom stereocenters. The van der Waals surface area contributed by atoms with E-state index >= 15 is 0 Å². The molecule has 0 spiro atoms. The Bertz CT molecular complexity index is 890. The van der Waals surface area contributed by atoms with Crippen LogP contribution in [0.1, 0.15) is 15.9 Å². The van der Waals surface area contributed by atoms with Crippen molar-refractivity contribution in [2.24, 2.45) is 0 Å². The molecule has 2 aliphatic heterocycles. The molecule has 4 rings (SSSR count). The van der Waals surface area contributed by atoms with Crippen LogP contribution in [0.5, 0.6) is 0 Å². The third-order valence-corrected chi connectivity index (χ3v) is 5.17. The molecule has 2 fully saturated rings. The largest absolute Gasteiger partial charge is 0.447 e. The molecule has 0 aromatic heterocycles. The Morgan fingerprint density at radius 3 is 2.59 bits per heavy atom. The van der Waals surface area contributed by atoms with Crippen molar-refractivity contribution in [2.75, 3.05) is 26.2 Å². The molecule has 0 bridgehead atoms. The Balaban J connectivity index is 1.60. The molecule has 1 atom stereocenters. The molecule has 2 aromatic carbocycles. The monoisotopic (exact) mass is 372 g/mol. The summed E-state index contributed by atoms with van der Waals surface area (Å²) in [6.45, 7) is 1.10. The van der Waals surface area contributed by atoms with Gasteiger partial charge >= 0.3 is 6.09 Å². The van der Waals surface area contributed by atoms with Crippen molar-refractivity contribution in [2.45, 2.75) is 12.0 Å². The molecule has 2 heterocycles. The number of benzene rings is 2. The normalized spacial score (nSPS) is 21.8. The van der Waals surface area contributed by atoms with E-state index in [1.54, 1.807) is 9.80 Å². The number of nitrogens with zero attached hydrogens (tertiary/aromatic N) is 2. The quantitative estimate of drug-likeness (QED) is 0.833. The van der Waals surface area contributed by atoms with Gasteiger partial charge in [0, 0.05) is 31.6 Å². The van der Waals surface area contributed by atoms with Crippen LogP contribution in [0.3, 0.4) is 0 Å². The van der Waals surface area contributed by atoms with Crippen molar-refractivity contribution >= 4 is 12.0 Å². The van der Waals surface area contributed by atoms with Gasteiger partial charge in [0.05, 0.1) is 0 Å². The summed E-state index contributed by atoms with van der Waals surface area (Å²) in [5, 5.41) is 0. The maximum absolute atomic E-state index is 13.5. The number of halogens is 2.